The van der Waals surface area contributed by atoms with E-state index in [1.807, 2.05) is 0 Å². The Morgan fingerprint density at radius 3 is 2.63 bits per heavy atom. The van der Waals surface area contributed by atoms with Crippen LogP contribution in [-0.2, 0) is 0 Å². The molecular formula is C17H34N2. The van der Waals surface area contributed by atoms with Crippen molar-refractivity contribution in [3.05, 3.63) is 0 Å². The Kier molecular flexibility index (Phi) is 5.70. The molecule has 0 bridgehead atoms. The highest BCUT2D eigenvalue weighted by Crippen LogP contribution is 2.31. The van der Waals surface area contributed by atoms with E-state index in [0.717, 1.165) is 18.5 Å². The summed E-state index contributed by atoms with van der Waals surface area (Å²) in [5.74, 6) is 0.886. The van der Waals surface area contributed by atoms with Crippen LogP contribution >= 0.6 is 0 Å². The number of piperidine rings is 1. The molecule has 0 amide bonds. The zero-order valence-corrected chi connectivity index (χ0v) is 13.4. The number of hydrogen-bond donors (Lipinski definition) is 1. The van der Waals surface area contributed by atoms with Crippen LogP contribution in [0.5, 0.6) is 0 Å². The van der Waals surface area contributed by atoms with Gasteiger partial charge in [0.05, 0.1) is 0 Å². The van der Waals surface area contributed by atoms with Gasteiger partial charge < -0.3 is 10.2 Å². The molecule has 1 saturated heterocycles. The van der Waals surface area contributed by atoms with Gasteiger partial charge in [-0.3, -0.25) is 0 Å². The molecule has 0 aromatic rings. The first-order chi connectivity index (χ1) is 9.11. The van der Waals surface area contributed by atoms with Crippen molar-refractivity contribution in [3.8, 4) is 0 Å². The Balaban J connectivity index is 1.90. The molecule has 2 nitrogen and oxygen atoms in total. The van der Waals surface area contributed by atoms with Crippen molar-refractivity contribution < 1.29 is 0 Å². The molecule has 2 heteroatoms. The third kappa shape index (κ3) is 4.75. The second-order valence-electron chi connectivity index (χ2n) is 7.57. The maximum absolute atomic E-state index is 3.76. The summed E-state index contributed by atoms with van der Waals surface area (Å²) in [6.07, 6.45) is 9.97. The molecule has 2 fully saturated rings. The van der Waals surface area contributed by atoms with Gasteiger partial charge in [0.15, 0.2) is 0 Å². The first-order valence-electron chi connectivity index (χ1n) is 8.56. The predicted octanol–water partition coefficient (Wildman–Crippen LogP) is 3.67. The molecule has 1 N–H and O–H groups in total. The Hall–Kier alpha value is -0.0800. The summed E-state index contributed by atoms with van der Waals surface area (Å²) in [6.45, 7) is 12.2. The maximum Gasteiger partial charge on any atom is 0.0107 e. The minimum Gasteiger partial charge on any atom is -0.314 e. The third-order valence-corrected chi connectivity index (χ3v) is 5.10. The molecule has 112 valence electrons. The first-order valence-corrected chi connectivity index (χ1v) is 8.56. The van der Waals surface area contributed by atoms with Gasteiger partial charge in [-0.1, -0.05) is 40.0 Å². The predicted molar refractivity (Wildman–Crippen MR) is 83.5 cm³/mol. The summed E-state index contributed by atoms with van der Waals surface area (Å²) in [4.78, 5) is 2.75. The van der Waals surface area contributed by atoms with Gasteiger partial charge in [0.25, 0.3) is 0 Å². The Labute approximate surface area is 120 Å². The van der Waals surface area contributed by atoms with Crippen LogP contribution in [0.4, 0.5) is 0 Å². The topological polar surface area (TPSA) is 15.3 Å². The van der Waals surface area contributed by atoms with Gasteiger partial charge >= 0.3 is 0 Å². The highest BCUT2D eigenvalue weighted by Gasteiger charge is 2.30. The molecule has 1 saturated carbocycles. The van der Waals surface area contributed by atoms with Crippen molar-refractivity contribution in [1.29, 1.82) is 0 Å². The van der Waals surface area contributed by atoms with Crippen LogP contribution in [0, 0.1) is 11.3 Å². The lowest BCUT2D eigenvalue weighted by Crippen LogP contribution is -2.46. The minimum absolute atomic E-state index is 0.538. The number of hydrogen-bond acceptors (Lipinski definition) is 2. The Morgan fingerprint density at radius 2 is 1.89 bits per heavy atom. The molecule has 0 radical (unpaired) electrons. The van der Waals surface area contributed by atoms with Gasteiger partial charge in [0.2, 0.25) is 0 Å². The van der Waals surface area contributed by atoms with Gasteiger partial charge in [-0.05, 0) is 50.1 Å². The highest BCUT2D eigenvalue weighted by molar-refractivity contribution is 4.85. The normalized spacial score (nSPS) is 33.0. The van der Waals surface area contributed by atoms with Crippen LogP contribution in [0.3, 0.4) is 0 Å². The van der Waals surface area contributed by atoms with Crippen molar-refractivity contribution in [3.63, 3.8) is 0 Å². The Bertz CT molecular complexity index is 262. The lowest BCUT2D eigenvalue weighted by molar-refractivity contribution is 0.0919. The molecule has 2 unspecified atom stereocenters. The molecule has 0 aromatic heterocycles. The molecule has 2 aliphatic rings. The molecule has 1 aliphatic carbocycles. The lowest BCUT2D eigenvalue weighted by atomic mass is 9.83. The lowest BCUT2D eigenvalue weighted by Gasteiger charge is -2.40. The van der Waals surface area contributed by atoms with Crippen LogP contribution in [-0.4, -0.2) is 37.1 Å². The number of rotatable bonds is 4. The van der Waals surface area contributed by atoms with E-state index >= 15 is 0 Å². The number of nitrogens with zero attached hydrogens (tertiary/aromatic N) is 1. The zero-order valence-electron chi connectivity index (χ0n) is 13.4. The number of nitrogens with one attached hydrogen (secondary N) is 1. The van der Waals surface area contributed by atoms with E-state index in [2.05, 4.69) is 31.0 Å². The molecule has 0 spiro atoms. The van der Waals surface area contributed by atoms with Crippen molar-refractivity contribution in [1.82, 2.24) is 10.2 Å². The van der Waals surface area contributed by atoms with Crippen molar-refractivity contribution in [2.75, 3.05) is 26.2 Å². The van der Waals surface area contributed by atoms with Gasteiger partial charge in [0, 0.05) is 19.1 Å². The Morgan fingerprint density at radius 1 is 1.11 bits per heavy atom. The summed E-state index contributed by atoms with van der Waals surface area (Å²) in [5, 5.41) is 3.76. The molecule has 0 aromatic carbocycles. The van der Waals surface area contributed by atoms with E-state index < -0.39 is 0 Å². The average molecular weight is 266 g/mol. The second-order valence-corrected chi connectivity index (χ2v) is 7.57. The maximum atomic E-state index is 3.76. The van der Waals surface area contributed by atoms with E-state index in [4.69, 9.17) is 0 Å². The zero-order chi connectivity index (χ0) is 13.7. The third-order valence-electron chi connectivity index (χ3n) is 5.10. The molecule has 2 atom stereocenters. The minimum atomic E-state index is 0.538. The molecule has 1 heterocycles. The smallest absolute Gasteiger partial charge is 0.0107 e. The van der Waals surface area contributed by atoms with Crippen molar-refractivity contribution in [2.24, 2.45) is 11.3 Å². The van der Waals surface area contributed by atoms with E-state index in [1.54, 1.807) is 0 Å². The van der Waals surface area contributed by atoms with E-state index in [0.29, 0.717) is 5.41 Å². The van der Waals surface area contributed by atoms with E-state index in [-0.39, 0.29) is 0 Å². The molecule has 2 rings (SSSR count). The van der Waals surface area contributed by atoms with Gasteiger partial charge in [-0.25, -0.2) is 0 Å². The van der Waals surface area contributed by atoms with Crippen molar-refractivity contribution in [2.45, 2.75) is 71.8 Å². The van der Waals surface area contributed by atoms with Gasteiger partial charge in [-0.2, -0.15) is 0 Å². The highest BCUT2D eigenvalue weighted by atomic mass is 15.1. The monoisotopic (exact) mass is 266 g/mol. The molecule has 19 heavy (non-hydrogen) atoms. The van der Waals surface area contributed by atoms with E-state index in [9.17, 15) is 0 Å². The largest absolute Gasteiger partial charge is 0.314 e. The van der Waals surface area contributed by atoms with Gasteiger partial charge in [-0.15, -0.1) is 0 Å². The fraction of sp³-hybridized carbons (Fsp3) is 1.00. The SMILES string of the molecule is CCNC1CCCCCC1CN1CCCC(C)(C)C1. The fourth-order valence-electron chi connectivity index (χ4n) is 4.17. The first kappa shape index (κ1) is 15.3. The molecular weight excluding hydrogens is 232 g/mol. The van der Waals surface area contributed by atoms with Crippen LogP contribution in [0.1, 0.15) is 65.7 Å². The van der Waals surface area contributed by atoms with Crippen LogP contribution in [0.2, 0.25) is 0 Å². The van der Waals surface area contributed by atoms with Crippen LogP contribution < -0.4 is 5.32 Å². The summed E-state index contributed by atoms with van der Waals surface area (Å²) < 4.78 is 0. The average Bonchev–Trinajstić information content (AvgIpc) is 2.55. The van der Waals surface area contributed by atoms with E-state index in [1.165, 1.54) is 64.6 Å². The quantitative estimate of drug-likeness (QED) is 0.781. The van der Waals surface area contributed by atoms with Gasteiger partial charge in [0.1, 0.15) is 0 Å². The fourth-order valence-corrected chi connectivity index (χ4v) is 4.17. The summed E-state index contributed by atoms with van der Waals surface area (Å²) >= 11 is 0. The summed E-state index contributed by atoms with van der Waals surface area (Å²) in [7, 11) is 0. The van der Waals surface area contributed by atoms with Crippen LogP contribution in [0.15, 0.2) is 0 Å². The second kappa shape index (κ2) is 7.08. The van der Waals surface area contributed by atoms with Crippen LogP contribution in [0.25, 0.3) is 0 Å². The standard InChI is InChI=1S/C17H34N2/c1-4-18-16-10-7-5-6-9-15(16)13-19-12-8-11-17(2,3)14-19/h15-16,18H,4-14H2,1-3H3. The van der Waals surface area contributed by atoms with Crippen molar-refractivity contribution >= 4 is 0 Å². The summed E-state index contributed by atoms with van der Waals surface area (Å²) in [6, 6.07) is 0.775. The summed E-state index contributed by atoms with van der Waals surface area (Å²) in [5.41, 5.74) is 0.538. The molecule has 1 aliphatic heterocycles. The number of likely N-dealkylation sites (tertiary alicyclic amines) is 1.